The van der Waals surface area contributed by atoms with Gasteiger partial charge in [0.25, 0.3) is 5.78 Å². The summed E-state index contributed by atoms with van der Waals surface area (Å²) in [7, 11) is 0. The molecule has 3 heterocycles. The Morgan fingerprint density at radius 2 is 1.84 bits per heavy atom. The van der Waals surface area contributed by atoms with Gasteiger partial charge in [-0.1, -0.05) is 18.2 Å². The van der Waals surface area contributed by atoms with Crippen molar-refractivity contribution in [2.45, 2.75) is 38.5 Å². The van der Waals surface area contributed by atoms with E-state index in [9.17, 15) is 4.79 Å². The van der Waals surface area contributed by atoms with E-state index in [-0.39, 0.29) is 5.91 Å². The van der Waals surface area contributed by atoms with Crippen LogP contribution >= 0.6 is 0 Å². The summed E-state index contributed by atoms with van der Waals surface area (Å²) in [6.07, 6.45) is 7.24. The number of anilines is 1. The predicted octanol–water partition coefficient (Wildman–Crippen LogP) is 2.51. The standard InChI is InChI=1S/C23H28N6O2/c30-21(11-6-16-31-18-7-2-1-3-8-18)27-12-14-28(15-13-27)22-19-9-4-5-10-20(19)26-23-24-17-25-29(22)23/h1-3,7-8,17H,4-6,9-16H2. The zero-order valence-electron chi connectivity index (χ0n) is 17.7. The predicted molar refractivity (Wildman–Crippen MR) is 117 cm³/mol. The van der Waals surface area contributed by atoms with Crippen LogP contribution in [0.1, 0.15) is 36.9 Å². The molecule has 0 atom stereocenters. The maximum Gasteiger partial charge on any atom is 0.254 e. The summed E-state index contributed by atoms with van der Waals surface area (Å²) in [6, 6.07) is 9.74. The second kappa shape index (κ2) is 8.91. The highest BCUT2D eigenvalue weighted by Gasteiger charge is 2.27. The molecule has 1 saturated heterocycles. The van der Waals surface area contributed by atoms with Gasteiger partial charge in [0.2, 0.25) is 5.91 Å². The van der Waals surface area contributed by atoms with Crippen LogP contribution in [0, 0.1) is 0 Å². The Balaban J connectivity index is 1.18. The Hall–Kier alpha value is -3.16. The number of para-hydroxylation sites is 1. The largest absolute Gasteiger partial charge is 0.494 e. The van der Waals surface area contributed by atoms with E-state index in [1.807, 2.05) is 39.7 Å². The van der Waals surface area contributed by atoms with E-state index in [0.717, 1.165) is 57.0 Å². The lowest BCUT2D eigenvalue weighted by Crippen LogP contribution is -2.49. The summed E-state index contributed by atoms with van der Waals surface area (Å²) in [5.74, 6) is 2.86. The van der Waals surface area contributed by atoms with Crippen molar-refractivity contribution in [3.63, 3.8) is 0 Å². The van der Waals surface area contributed by atoms with Gasteiger partial charge in [0.05, 0.1) is 12.3 Å². The molecule has 162 valence electrons. The highest BCUT2D eigenvalue weighted by atomic mass is 16.5. The second-order valence-electron chi connectivity index (χ2n) is 8.17. The Morgan fingerprint density at radius 3 is 2.68 bits per heavy atom. The lowest BCUT2D eigenvalue weighted by atomic mass is 9.96. The molecule has 1 amide bonds. The zero-order chi connectivity index (χ0) is 21.0. The molecule has 0 saturated carbocycles. The van der Waals surface area contributed by atoms with Gasteiger partial charge in [-0.25, -0.2) is 4.98 Å². The van der Waals surface area contributed by atoms with Crippen LogP contribution in [0.2, 0.25) is 0 Å². The molecular formula is C23H28N6O2. The number of nitrogens with zero attached hydrogens (tertiary/aromatic N) is 6. The summed E-state index contributed by atoms with van der Waals surface area (Å²) in [5.41, 5.74) is 2.47. The minimum Gasteiger partial charge on any atom is -0.494 e. The van der Waals surface area contributed by atoms with Gasteiger partial charge in [0.15, 0.2) is 0 Å². The first kappa shape index (κ1) is 19.8. The van der Waals surface area contributed by atoms with Gasteiger partial charge in [0.1, 0.15) is 17.9 Å². The van der Waals surface area contributed by atoms with Crippen molar-refractivity contribution in [3.05, 3.63) is 47.9 Å². The van der Waals surface area contributed by atoms with E-state index in [1.165, 1.54) is 24.1 Å². The summed E-state index contributed by atoms with van der Waals surface area (Å²) in [6.45, 7) is 3.62. The highest BCUT2D eigenvalue weighted by molar-refractivity contribution is 5.76. The van der Waals surface area contributed by atoms with E-state index in [1.54, 1.807) is 6.33 Å². The van der Waals surface area contributed by atoms with Gasteiger partial charge in [-0.15, -0.1) is 0 Å². The Labute approximate surface area is 181 Å². The first-order chi connectivity index (χ1) is 15.3. The average Bonchev–Trinajstić information content (AvgIpc) is 3.29. The van der Waals surface area contributed by atoms with Crippen LogP contribution in [0.15, 0.2) is 36.7 Å². The van der Waals surface area contributed by atoms with E-state index in [2.05, 4.69) is 15.0 Å². The Morgan fingerprint density at radius 1 is 1.03 bits per heavy atom. The van der Waals surface area contributed by atoms with Crippen molar-refractivity contribution in [3.8, 4) is 5.75 Å². The molecule has 0 bridgehead atoms. The quantitative estimate of drug-likeness (QED) is 0.571. The van der Waals surface area contributed by atoms with E-state index < -0.39 is 0 Å². The third-order valence-corrected chi connectivity index (χ3v) is 6.15. The maximum absolute atomic E-state index is 12.7. The number of piperazine rings is 1. The minimum atomic E-state index is 0.207. The van der Waals surface area contributed by atoms with Crippen LogP contribution in [0.3, 0.4) is 0 Å². The minimum absolute atomic E-state index is 0.207. The third-order valence-electron chi connectivity index (χ3n) is 6.15. The lowest BCUT2D eigenvalue weighted by Gasteiger charge is -2.37. The van der Waals surface area contributed by atoms with Crippen molar-refractivity contribution in [2.24, 2.45) is 0 Å². The highest BCUT2D eigenvalue weighted by Crippen LogP contribution is 2.30. The summed E-state index contributed by atoms with van der Waals surface area (Å²) >= 11 is 0. The first-order valence-corrected chi connectivity index (χ1v) is 11.2. The molecule has 1 fully saturated rings. The van der Waals surface area contributed by atoms with Crippen molar-refractivity contribution in [2.75, 3.05) is 37.7 Å². The molecule has 3 aromatic rings. The van der Waals surface area contributed by atoms with Crippen LogP contribution in [-0.4, -0.2) is 63.2 Å². The van der Waals surface area contributed by atoms with E-state index >= 15 is 0 Å². The molecule has 0 unspecified atom stereocenters. The molecule has 1 aromatic carbocycles. The number of aromatic nitrogens is 4. The van der Waals surface area contributed by atoms with Crippen LogP contribution in [0.25, 0.3) is 5.78 Å². The Bertz CT molecular complexity index is 1040. The average molecular weight is 421 g/mol. The molecule has 0 spiro atoms. The number of rotatable bonds is 6. The molecule has 1 aliphatic heterocycles. The fourth-order valence-electron chi connectivity index (χ4n) is 4.54. The van der Waals surface area contributed by atoms with Crippen LogP contribution in [0.5, 0.6) is 5.75 Å². The SMILES string of the molecule is O=C(CCCOc1ccccc1)N1CCN(c2c3c(nc4ncnn24)CCCC3)CC1. The number of carbonyl (C=O) groups is 1. The van der Waals surface area contributed by atoms with Gasteiger partial charge in [0, 0.05) is 38.2 Å². The molecular weight excluding hydrogens is 392 g/mol. The number of amides is 1. The number of hydrogen-bond donors (Lipinski definition) is 0. The molecule has 0 radical (unpaired) electrons. The summed E-state index contributed by atoms with van der Waals surface area (Å²) in [5, 5.41) is 4.44. The van der Waals surface area contributed by atoms with Crippen molar-refractivity contribution >= 4 is 17.5 Å². The smallest absolute Gasteiger partial charge is 0.254 e. The maximum atomic E-state index is 12.7. The lowest BCUT2D eigenvalue weighted by molar-refractivity contribution is -0.131. The van der Waals surface area contributed by atoms with Crippen LogP contribution < -0.4 is 9.64 Å². The Kier molecular flexibility index (Phi) is 5.69. The first-order valence-electron chi connectivity index (χ1n) is 11.2. The molecule has 8 nitrogen and oxygen atoms in total. The fraction of sp³-hybridized carbons (Fsp3) is 0.478. The number of fused-ring (bicyclic) bond motifs is 2. The van der Waals surface area contributed by atoms with Crippen molar-refractivity contribution < 1.29 is 9.53 Å². The third kappa shape index (κ3) is 4.19. The van der Waals surface area contributed by atoms with Gasteiger partial charge < -0.3 is 14.5 Å². The molecule has 1 aliphatic carbocycles. The number of ether oxygens (including phenoxy) is 1. The van der Waals surface area contributed by atoms with Crippen LogP contribution in [0.4, 0.5) is 5.82 Å². The topological polar surface area (TPSA) is 75.9 Å². The van der Waals surface area contributed by atoms with Crippen molar-refractivity contribution in [1.29, 1.82) is 0 Å². The fourth-order valence-corrected chi connectivity index (χ4v) is 4.54. The molecule has 2 aliphatic rings. The normalized spacial score (nSPS) is 16.4. The van der Waals surface area contributed by atoms with Crippen molar-refractivity contribution in [1.82, 2.24) is 24.5 Å². The number of aryl methyl sites for hydroxylation is 1. The van der Waals surface area contributed by atoms with Gasteiger partial charge in [-0.2, -0.15) is 14.6 Å². The molecule has 31 heavy (non-hydrogen) atoms. The van der Waals surface area contributed by atoms with Gasteiger partial charge >= 0.3 is 0 Å². The van der Waals surface area contributed by atoms with Gasteiger partial charge in [-0.05, 0) is 44.2 Å². The summed E-state index contributed by atoms with van der Waals surface area (Å²) < 4.78 is 7.58. The zero-order valence-corrected chi connectivity index (χ0v) is 17.7. The summed E-state index contributed by atoms with van der Waals surface area (Å²) in [4.78, 5) is 26.1. The molecule has 5 rings (SSSR count). The molecule has 8 heteroatoms. The molecule has 0 N–H and O–H groups in total. The van der Waals surface area contributed by atoms with E-state index in [0.29, 0.717) is 18.8 Å². The van der Waals surface area contributed by atoms with Gasteiger partial charge in [-0.3, -0.25) is 4.79 Å². The number of carbonyl (C=O) groups excluding carboxylic acids is 1. The molecule has 2 aromatic heterocycles. The van der Waals surface area contributed by atoms with E-state index in [4.69, 9.17) is 9.72 Å². The monoisotopic (exact) mass is 420 g/mol. The number of benzene rings is 1. The number of hydrogen-bond acceptors (Lipinski definition) is 6. The second-order valence-corrected chi connectivity index (χ2v) is 8.17. The van der Waals surface area contributed by atoms with Crippen LogP contribution in [-0.2, 0) is 17.6 Å².